The number of aliphatic carboxylic acids is 1. The Morgan fingerprint density at radius 1 is 1.32 bits per heavy atom. The Bertz CT molecular complexity index is 312. The highest BCUT2D eigenvalue weighted by Crippen LogP contribution is 2.24. The van der Waals surface area contributed by atoms with E-state index < -0.39 is 12.1 Å². The molecule has 0 aromatic carbocycles. The summed E-state index contributed by atoms with van der Waals surface area (Å²) in [6.45, 7) is 6.07. The molecule has 1 atom stereocenters. The van der Waals surface area contributed by atoms with Gasteiger partial charge in [-0.1, -0.05) is 13.8 Å². The van der Waals surface area contributed by atoms with Crippen molar-refractivity contribution in [2.45, 2.75) is 39.2 Å². The van der Waals surface area contributed by atoms with Crippen molar-refractivity contribution in [2.24, 2.45) is 11.8 Å². The fourth-order valence-electron chi connectivity index (χ4n) is 2.32. The third-order valence-corrected chi connectivity index (χ3v) is 3.75. The zero-order valence-corrected chi connectivity index (χ0v) is 11.6. The lowest BCUT2D eigenvalue weighted by molar-refractivity contribution is -0.146. The van der Waals surface area contributed by atoms with E-state index in [1.165, 1.54) is 0 Å². The lowest BCUT2D eigenvalue weighted by Crippen LogP contribution is -2.45. The molecule has 110 valence electrons. The second kappa shape index (κ2) is 7.33. The summed E-state index contributed by atoms with van der Waals surface area (Å²) in [5, 5.41) is 20.2. The number of carboxylic acids is 1. The maximum Gasteiger partial charge on any atom is 0.332 e. The topological polar surface area (TPSA) is 89.9 Å². The summed E-state index contributed by atoms with van der Waals surface area (Å²) >= 11 is 0. The zero-order chi connectivity index (χ0) is 14.4. The second-order valence-electron chi connectivity index (χ2n) is 5.44. The molecule has 0 aliphatic carbocycles. The standard InChI is InChI=1S/C13H24N2O4/c1-9(2)10-4-7-15(8-5-10)13(19)14-6-3-11(16)12(17)18/h9-11,16H,3-8H2,1-2H3,(H,14,19)(H,17,18). The lowest BCUT2D eigenvalue weighted by atomic mass is 9.87. The highest BCUT2D eigenvalue weighted by Gasteiger charge is 2.24. The minimum absolute atomic E-state index is 0.0313. The Labute approximate surface area is 113 Å². The van der Waals surface area contributed by atoms with Crippen molar-refractivity contribution in [1.29, 1.82) is 0 Å². The van der Waals surface area contributed by atoms with Crippen molar-refractivity contribution in [2.75, 3.05) is 19.6 Å². The molecule has 19 heavy (non-hydrogen) atoms. The smallest absolute Gasteiger partial charge is 0.332 e. The van der Waals surface area contributed by atoms with Crippen LogP contribution < -0.4 is 5.32 Å². The first-order valence-corrected chi connectivity index (χ1v) is 6.85. The summed E-state index contributed by atoms with van der Waals surface area (Å²) in [4.78, 5) is 24.0. The van der Waals surface area contributed by atoms with Crippen LogP contribution in [0, 0.1) is 11.8 Å². The third-order valence-electron chi connectivity index (χ3n) is 3.75. The van der Waals surface area contributed by atoms with Crippen LogP contribution in [0.3, 0.4) is 0 Å². The Morgan fingerprint density at radius 3 is 2.37 bits per heavy atom. The molecule has 1 heterocycles. The Hall–Kier alpha value is -1.30. The van der Waals surface area contributed by atoms with E-state index in [1.807, 2.05) is 0 Å². The third kappa shape index (κ3) is 5.06. The molecular weight excluding hydrogens is 248 g/mol. The maximum atomic E-state index is 11.8. The molecule has 0 radical (unpaired) electrons. The molecule has 6 heteroatoms. The van der Waals surface area contributed by atoms with E-state index in [0.717, 1.165) is 25.9 Å². The van der Waals surface area contributed by atoms with E-state index >= 15 is 0 Å². The number of carboxylic acid groups (broad SMARTS) is 1. The predicted molar refractivity (Wildman–Crippen MR) is 70.8 cm³/mol. The number of carbonyl (C=O) groups excluding carboxylic acids is 1. The Morgan fingerprint density at radius 2 is 1.89 bits per heavy atom. The van der Waals surface area contributed by atoms with Crippen LogP contribution in [0.1, 0.15) is 33.1 Å². The number of carbonyl (C=O) groups is 2. The molecule has 1 fully saturated rings. The van der Waals surface area contributed by atoms with Gasteiger partial charge in [-0.2, -0.15) is 0 Å². The van der Waals surface area contributed by atoms with E-state index in [4.69, 9.17) is 10.2 Å². The number of amides is 2. The summed E-state index contributed by atoms with van der Waals surface area (Å²) in [5.74, 6) is 0.0702. The molecule has 1 rings (SSSR count). The van der Waals surface area contributed by atoms with Crippen LogP contribution in [0.2, 0.25) is 0 Å². The average molecular weight is 272 g/mol. The number of rotatable bonds is 5. The van der Waals surface area contributed by atoms with Gasteiger partial charge in [0, 0.05) is 26.1 Å². The van der Waals surface area contributed by atoms with E-state index in [0.29, 0.717) is 11.8 Å². The first kappa shape index (κ1) is 15.8. The first-order chi connectivity index (χ1) is 8.91. The monoisotopic (exact) mass is 272 g/mol. The molecule has 1 aliphatic rings. The maximum absolute atomic E-state index is 11.8. The van der Waals surface area contributed by atoms with Gasteiger partial charge in [0.05, 0.1) is 0 Å². The molecule has 2 amide bonds. The van der Waals surface area contributed by atoms with E-state index in [9.17, 15) is 9.59 Å². The van der Waals surface area contributed by atoms with Crippen molar-refractivity contribution >= 4 is 12.0 Å². The molecule has 0 saturated carbocycles. The number of hydrogen-bond acceptors (Lipinski definition) is 3. The molecule has 0 aromatic heterocycles. The van der Waals surface area contributed by atoms with Crippen molar-refractivity contribution < 1.29 is 19.8 Å². The van der Waals surface area contributed by atoms with E-state index in [-0.39, 0.29) is 19.0 Å². The van der Waals surface area contributed by atoms with Gasteiger partial charge < -0.3 is 20.4 Å². The molecule has 6 nitrogen and oxygen atoms in total. The molecule has 0 bridgehead atoms. The molecular formula is C13H24N2O4. The minimum atomic E-state index is -1.41. The van der Waals surface area contributed by atoms with Crippen molar-refractivity contribution in [3.8, 4) is 0 Å². The van der Waals surface area contributed by atoms with Crippen LogP contribution >= 0.6 is 0 Å². The van der Waals surface area contributed by atoms with Gasteiger partial charge in [0.1, 0.15) is 0 Å². The van der Waals surface area contributed by atoms with Gasteiger partial charge in [0.25, 0.3) is 0 Å². The normalized spacial score (nSPS) is 18.4. The van der Waals surface area contributed by atoms with Gasteiger partial charge in [-0.25, -0.2) is 9.59 Å². The van der Waals surface area contributed by atoms with Crippen LogP contribution in [0.15, 0.2) is 0 Å². The number of hydrogen-bond donors (Lipinski definition) is 3. The second-order valence-corrected chi connectivity index (χ2v) is 5.44. The Balaban J connectivity index is 2.23. The lowest BCUT2D eigenvalue weighted by Gasteiger charge is -2.33. The van der Waals surface area contributed by atoms with Crippen LogP contribution in [0.4, 0.5) is 4.79 Å². The quantitative estimate of drug-likeness (QED) is 0.693. The van der Waals surface area contributed by atoms with Gasteiger partial charge in [0.2, 0.25) is 0 Å². The van der Waals surface area contributed by atoms with Crippen molar-refractivity contribution in [1.82, 2.24) is 10.2 Å². The predicted octanol–water partition coefficient (Wildman–Crippen LogP) is 0.900. The first-order valence-electron chi connectivity index (χ1n) is 6.85. The number of nitrogens with one attached hydrogen (secondary N) is 1. The number of aliphatic hydroxyl groups excluding tert-OH is 1. The van der Waals surface area contributed by atoms with Crippen LogP contribution in [-0.2, 0) is 4.79 Å². The summed E-state index contributed by atoms with van der Waals surface area (Å²) in [7, 11) is 0. The fourth-order valence-corrected chi connectivity index (χ4v) is 2.32. The van der Waals surface area contributed by atoms with E-state index in [1.54, 1.807) is 4.90 Å². The minimum Gasteiger partial charge on any atom is -0.479 e. The van der Waals surface area contributed by atoms with Crippen LogP contribution in [-0.4, -0.2) is 52.9 Å². The molecule has 0 aromatic rings. The van der Waals surface area contributed by atoms with Gasteiger partial charge >= 0.3 is 12.0 Å². The number of piperidine rings is 1. The molecule has 1 aliphatic heterocycles. The fraction of sp³-hybridized carbons (Fsp3) is 0.846. The molecule has 0 spiro atoms. The van der Waals surface area contributed by atoms with Gasteiger partial charge in [0.15, 0.2) is 6.10 Å². The summed E-state index contributed by atoms with van der Waals surface area (Å²) in [6, 6.07) is -0.167. The largest absolute Gasteiger partial charge is 0.479 e. The van der Waals surface area contributed by atoms with Gasteiger partial charge in [-0.15, -0.1) is 0 Å². The van der Waals surface area contributed by atoms with Crippen LogP contribution in [0.5, 0.6) is 0 Å². The number of urea groups is 1. The van der Waals surface area contributed by atoms with Gasteiger partial charge in [-0.05, 0) is 24.7 Å². The van der Waals surface area contributed by atoms with Crippen LogP contribution in [0.25, 0.3) is 0 Å². The molecule has 3 N–H and O–H groups in total. The molecule has 1 unspecified atom stereocenters. The van der Waals surface area contributed by atoms with Crippen molar-refractivity contribution in [3.05, 3.63) is 0 Å². The number of aliphatic hydroxyl groups is 1. The van der Waals surface area contributed by atoms with E-state index in [2.05, 4.69) is 19.2 Å². The molecule has 1 saturated heterocycles. The zero-order valence-electron chi connectivity index (χ0n) is 11.6. The Kier molecular flexibility index (Phi) is 6.08. The highest BCUT2D eigenvalue weighted by atomic mass is 16.4. The van der Waals surface area contributed by atoms with Gasteiger partial charge in [-0.3, -0.25) is 0 Å². The van der Waals surface area contributed by atoms with Crippen molar-refractivity contribution in [3.63, 3.8) is 0 Å². The SMILES string of the molecule is CC(C)C1CCN(C(=O)NCCC(O)C(=O)O)CC1. The summed E-state index contributed by atoms with van der Waals surface area (Å²) < 4.78 is 0. The average Bonchev–Trinajstić information content (AvgIpc) is 2.38. The summed E-state index contributed by atoms with van der Waals surface area (Å²) in [5.41, 5.74) is 0. The highest BCUT2D eigenvalue weighted by molar-refractivity contribution is 5.74. The summed E-state index contributed by atoms with van der Waals surface area (Å²) in [6.07, 6.45) is 0.654. The number of nitrogens with zero attached hydrogens (tertiary/aromatic N) is 1. The number of likely N-dealkylation sites (tertiary alicyclic amines) is 1.